The molecule has 1 unspecified atom stereocenters. The molecule has 1 fully saturated rings. The van der Waals surface area contributed by atoms with E-state index in [0.717, 1.165) is 25.0 Å². The van der Waals surface area contributed by atoms with E-state index < -0.39 is 17.7 Å². The number of carbonyl (C=O) groups excluding carboxylic acids is 1. The van der Waals surface area contributed by atoms with Crippen molar-refractivity contribution in [3.05, 3.63) is 35.4 Å². The highest BCUT2D eigenvalue weighted by atomic mass is 19.1. The summed E-state index contributed by atoms with van der Waals surface area (Å²) in [4.78, 5) is 15.5. The Labute approximate surface area is 129 Å². The fraction of sp³-hybridized carbons (Fsp3) is 0.562. The molecule has 1 aromatic carbocycles. The zero-order valence-electron chi connectivity index (χ0n) is 12.9. The van der Waals surface area contributed by atoms with Crippen LogP contribution in [0.15, 0.2) is 18.2 Å². The molecule has 0 saturated carbocycles. The van der Waals surface area contributed by atoms with E-state index in [1.165, 1.54) is 6.07 Å². The molecule has 0 aliphatic carbocycles. The molecule has 22 heavy (non-hydrogen) atoms. The first-order chi connectivity index (χ1) is 10.4. The molecule has 1 atom stereocenters. The van der Waals surface area contributed by atoms with Crippen molar-refractivity contribution in [2.45, 2.75) is 18.9 Å². The lowest BCUT2D eigenvalue weighted by Crippen LogP contribution is -2.41. The van der Waals surface area contributed by atoms with E-state index in [1.807, 2.05) is 4.90 Å². The van der Waals surface area contributed by atoms with E-state index in [1.54, 1.807) is 19.0 Å². The van der Waals surface area contributed by atoms with Crippen LogP contribution in [-0.2, 0) is 4.79 Å². The lowest BCUT2D eigenvalue weighted by molar-refractivity contribution is -0.134. The number of carbonyl (C=O) groups is 1. The molecule has 0 spiro atoms. The Morgan fingerprint density at radius 3 is 2.55 bits per heavy atom. The van der Waals surface area contributed by atoms with Gasteiger partial charge in [0.05, 0.1) is 6.10 Å². The maximum Gasteiger partial charge on any atom is 0.225 e. The van der Waals surface area contributed by atoms with Crippen molar-refractivity contribution in [3.63, 3.8) is 0 Å². The predicted molar refractivity (Wildman–Crippen MR) is 79.2 cm³/mol. The number of nitrogens with zero attached hydrogens (tertiary/aromatic N) is 2. The monoisotopic (exact) mass is 312 g/mol. The van der Waals surface area contributed by atoms with Gasteiger partial charge in [-0.15, -0.1) is 0 Å². The van der Waals surface area contributed by atoms with Crippen LogP contribution in [0.3, 0.4) is 0 Å². The van der Waals surface area contributed by atoms with Crippen molar-refractivity contribution < 1.29 is 18.7 Å². The van der Waals surface area contributed by atoms with E-state index in [-0.39, 0.29) is 23.9 Å². The third-order valence-electron chi connectivity index (χ3n) is 4.13. The van der Waals surface area contributed by atoms with Crippen molar-refractivity contribution >= 4 is 5.91 Å². The Morgan fingerprint density at radius 2 is 2.00 bits per heavy atom. The van der Waals surface area contributed by atoms with Crippen LogP contribution in [-0.4, -0.2) is 54.5 Å². The van der Waals surface area contributed by atoms with Gasteiger partial charge >= 0.3 is 0 Å². The van der Waals surface area contributed by atoms with Gasteiger partial charge in [-0.2, -0.15) is 0 Å². The molecular formula is C16H22F2N2O2. The average Bonchev–Trinajstić information content (AvgIpc) is 2.47. The maximum atomic E-state index is 13.6. The summed E-state index contributed by atoms with van der Waals surface area (Å²) in [5.74, 6) is -1.24. The van der Waals surface area contributed by atoms with Gasteiger partial charge < -0.3 is 14.9 Å². The standard InChI is InChI=1S/C16H22F2N2O2/c1-19(2)16(22)11-5-7-20(8-6-11)10-15(21)13-4-3-12(17)9-14(13)18/h3-4,9,11,15,21H,5-8,10H2,1-2H3. The van der Waals surface area contributed by atoms with Crippen LogP contribution in [0, 0.1) is 17.6 Å². The quantitative estimate of drug-likeness (QED) is 0.922. The Kier molecular flexibility index (Phi) is 5.47. The van der Waals surface area contributed by atoms with Gasteiger partial charge in [0.2, 0.25) is 5.91 Å². The Balaban J connectivity index is 1.89. The number of amides is 1. The van der Waals surface area contributed by atoms with Gasteiger partial charge in [0.1, 0.15) is 11.6 Å². The highest BCUT2D eigenvalue weighted by molar-refractivity contribution is 5.78. The fourth-order valence-corrected chi connectivity index (χ4v) is 2.84. The first-order valence-electron chi connectivity index (χ1n) is 7.45. The van der Waals surface area contributed by atoms with Gasteiger partial charge in [0, 0.05) is 38.2 Å². The van der Waals surface area contributed by atoms with Crippen LogP contribution in [0.5, 0.6) is 0 Å². The molecule has 1 aliphatic rings. The van der Waals surface area contributed by atoms with Gasteiger partial charge in [-0.25, -0.2) is 8.78 Å². The summed E-state index contributed by atoms with van der Waals surface area (Å²) < 4.78 is 26.5. The van der Waals surface area contributed by atoms with Gasteiger partial charge in [0.25, 0.3) is 0 Å². The molecule has 1 saturated heterocycles. The topological polar surface area (TPSA) is 43.8 Å². The zero-order chi connectivity index (χ0) is 16.3. The van der Waals surface area contributed by atoms with Crippen molar-refractivity contribution in [1.82, 2.24) is 9.80 Å². The summed E-state index contributed by atoms with van der Waals surface area (Å²) in [5, 5.41) is 10.1. The smallest absolute Gasteiger partial charge is 0.225 e. The Morgan fingerprint density at radius 1 is 1.36 bits per heavy atom. The lowest BCUT2D eigenvalue weighted by atomic mass is 9.95. The van der Waals surface area contributed by atoms with Crippen molar-refractivity contribution in [2.75, 3.05) is 33.7 Å². The number of hydrogen-bond donors (Lipinski definition) is 1. The van der Waals surface area contributed by atoms with Crippen LogP contribution < -0.4 is 0 Å². The minimum atomic E-state index is -0.998. The van der Waals surface area contributed by atoms with E-state index in [0.29, 0.717) is 13.1 Å². The lowest BCUT2D eigenvalue weighted by Gasteiger charge is -2.33. The predicted octanol–water partition coefficient (Wildman–Crippen LogP) is 1.80. The second kappa shape index (κ2) is 7.15. The molecule has 0 radical (unpaired) electrons. The fourth-order valence-electron chi connectivity index (χ4n) is 2.84. The van der Waals surface area contributed by atoms with Crippen LogP contribution in [0.25, 0.3) is 0 Å². The number of β-amino-alcohol motifs (C(OH)–C–C–N with tert-alkyl or cyclic N) is 1. The number of aliphatic hydroxyl groups excluding tert-OH is 1. The molecular weight excluding hydrogens is 290 g/mol. The molecule has 122 valence electrons. The van der Waals surface area contributed by atoms with Gasteiger partial charge in [-0.3, -0.25) is 4.79 Å². The Bertz CT molecular complexity index is 529. The zero-order valence-corrected chi connectivity index (χ0v) is 12.9. The summed E-state index contributed by atoms with van der Waals surface area (Å²) in [7, 11) is 3.49. The summed E-state index contributed by atoms with van der Waals surface area (Å²) in [6.45, 7) is 1.65. The minimum Gasteiger partial charge on any atom is -0.387 e. The molecule has 1 N–H and O–H groups in total. The molecule has 4 nitrogen and oxygen atoms in total. The van der Waals surface area contributed by atoms with Crippen LogP contribution in [0.2, 0.25) is 0 Å². The summed E-state index contributed by atoms with van der Waals surface area (Å²) >= 11 is 0. The van der Waals surface area contributed by atoms with Gasteiger partial charge in [0.15, 0.2) is 0 Å². The minimum absolute atomic E-state index is 0.0194. The number of likely N-dealkylation sites (tertiary alicyclic amines) is 1. The molecule has 1 aliphatic heterocycles. The Hall–Kier alpha value is -1.53. The molecule has 1 amide bonds. The van der Waals surface area contributed by atoms with Crippen LogP contribution in [0.4, 0.5) is 8.78 Å². The van der Waals surface area contributed by atoms with Crippen molar-refractivity contribution in [2.24, 2.45) is 5.92 Å². The second-order valence-corrected chi connectivity index (χ2v) is 5.99. The number of piperidine rings is 1. The van der Waals surface area contributed by atoms with E-state index in [9.17, 15) is 18.7 Å². The molecule has 0 bridgehead atoms. The average molecular weight is 312 g/mol. The third-order valence-corrected chi connectivity index (χ3v) is 4.13. The molecule has 1 aromatic rings. The summed E-state index contributed by atoms with van der Waals surface area (Å²) in [6, 6.07) is 3.20. The molecule has 0 aromatic heterocycles. The van der Waals surface area contributed by atoms with E-state index >= 15 is 0 Å². The second-order valence-electron chi connectivity index (χ2n) is 5.99. The SMILES string of the molecule is CN(C)C(=O)C1CCN(CC(O)c2ccc(F)cc2F)CC1. The highest BCUT2D eigenvalue weighted by Crippen LogP contribution is 2.23. The number of benzene rings is 1. The van der Waals surface area contributed by atoms with Crippen molar-refractivity contribution in [1.29, 1.82) is 0 Å². The third kappa shape index (κ3) is 4.01. The van der Waals surface area contributed by atoms with Gasteiger partial charge in [-0.05, 0) is 32.0 Å². The normalized spacial score (nSPS) is 18.2. The molecule has 1 heterocycles. The first kappa shape index (κ1) is 16.8. The van der Waals surface area contributed by atoms with Crippen LogP contribution in [0.1, 0.15) is 24.5 Å². The molecule has 2 rings (SSSR count). The summed E-state index contributed by atoms with van der Waals surface area (Å²) in [5.41, 5.74) is 0.105. The summed E-state index contributed by atoms with van der Waals surface area (Å²) in [6.07, 6.45) is 0.465. The van der Waals surface area contributed by atoms with Gasteiger partial charge in [-0.1, -0.05) is 6.07 Å². The molecule has 6 heteroatoms. The van der Waals surface area contributed by atoms with Crippen molar-refractivity contribution in [3.8, 4) is 0 Å². The van der Waals surface area contributed by atoms with E-state index in [2.05, 4.69) is 0 Å². The number of rotatable bonds is 4. The number of halogens is 2. The maximum absolute atomic E-state index is 13.6. The first-order valence-corrected chi connectivity index (χ1v) is 7.45. The van der Waals surface area contributed by atoms with E-state index in [4.69, 9.17) is 0 Å². The number of aliphatic hydroxyl groups is 1. The largest absolute Gasteiger partial charge is 0.387 e. The highest BCUT2D eigenvalue weighted by Gasteiger charge is 2.27. The van der Waals surface area contributed by atoms with Crippen LogP contribution >= 0.6 is 0 Å². The number of hydrogen-bond acceptors (Lipinski definition) is 3.